The summed E-state index contributed by atoms with van der Waals surface area (Å²) in [6, 6.07) is 0. The fraction of sp³-hybridized carbons (Fsp3) is 0.938. The maximum Gasteiger partial charge on any atom is 0.305 e. The van der Waals surface area contributed by atoms with E-state index >= 15 is 0 Å². The van der Waals surface area contributed by atoms with E-state index in [1.807, 2.05) is 0 Å². The summed E-state index contributed by atoms with van der Waals surface area (Å²) >= 11 is 0. The second kappa shape index (κ2) is 25.7. The molecule has 0 fully saturated rings. The Morgan fingerprint density at radius 3 is 1.62 bits per heavy atom. The van der Waals surface area contributed by atoms with Crippen molar-refractivity contribution in [1.82, 2.24) is 0 Å². The molecule has 0 N–H and O–H groups in total. The molecule has 37 heavy (non-hydrogen) atoms. The minimum Gasteiger partial charge on any atom is -1.00 e. The number of halogens is 1. The van der Waals surface area contributed by atoms with Gasteiger partial charge in [-0.1, -0.05) is 136 Å². The van der Waals surface area contributed by atoms with Crippen molar-refractivity contribution in [1.29, 1.82) is 0 Å². The van der Waals surface area contributed by atoms with E-state index in [1.165, 1.54) is 128 Å². The minimum absolute atomic E-state index is 0. The Hall–Kier alpha value is -0.610. The van der Waals surface area contributed by atoms with Gasteiger partial charge in [-0.3, -0.25) is 9.28 Å². The van der Waals surface area contributed by atoms with E-state index in [0.717, 1.165) is 43.4 Å². The van der Waals surface area contributed by atoms with Crippen LogP contribution in [-0.2, 0) is 9.53 Å². The number of amidine groups is 1. The van der Waals surface area contributed by atoms with E-state index in [2.05, 4.69) is 20.9 Å². The van der Waals surface area contributed by atoms with Crippen LogP contribution in [0.2, 0.25) is 0 Å². The number of esters is 1. The van der Waals surface area contributed by atoms with Crippen LogP contribution in [0.25, 0.3) is 0 Å². The number of hydrogen-bond donors (Lipinski definition) is 0. The third-order valence-corrected chi connectivity index (χ3v) is 8.10. The standard InChI is InChI=1S/C32H63N2O2.ClH/c1-4-6-8-10-12-14-15-16-17-18-20-22-24-26-32(35)36-30-29-34(3)28-27-33-31(34)25-23-21-19-13-11-9-7-5-2;/h4-30H2,1-3H3;1H/q+1;/p-1. The Balaban J connectivity index is 0.0000130. The van der Waals surface area contributed by atoms with E-state index in [1.54, 1.807) is 0 Å². The quantitative estimate of drug-likeness (QED) is 0.0720. The normalized spacial score (nSPS) is 17.0. The topological polar surface area (TPSA) is 38.7 Å². The first-order valence-corrected chi connectivity index (χ1v) is 16.2. The Morgan fingerprint density at radius 1 is 0.703 bits per heavy atom. The van der Waals surface area contributed by atoms with Gasteiger partial charge in [-0.05, 0) is 12.8 Å². The molecule has 0 radical (unpaired) electrons. The first-order chi connectivity index (χ1) is 17.6. The number of rotatable bonds is 26. The highest BCUT2D eigenvalue weighted by Crippen LogP contribution is 2.18. The Morgan fingerprint density at radius 2 is 1.14 bits per heavy atom. The van der Waals surface area contributed by atoms with Crippen molar-refractivity contribution in [3.63, 3.8) is 0 Å². The van der Waals surface area contributed by atoms with Crippen LogP contribution in [0.3, 0.4) is 0 Å². The van der Waals surface area contributed by atoms with E-state index in [0.29, 0.717) is 13.0 Å². The molecule has 0 saturated heterocycles. The number of likely N-dealkylation sites (N-methyl/N-ethyl adjacent to an activating group) is 1. The molecule has 220 valence electrons. The van der Waals surface area contributed by atoms with Crippen LogP contribution in [0.5, 0.6) is 0 Å². The molecule has 0 aromatic rings. The maximum absolute atomic E-state index is 12.2. The van der Waals surface area contributed by atoms with Crippen LogP contribution in [0.1, 0.15) is 162 Å². The highest BCUT2D eigenvalue weighted by atomic mass is 35.5. The van der Waals surface area contributed by atoms with Crippen LogP contribution >= 0.6 is 0 Å². The molecule has 1 heterocycles. The van der Waals surface area contributed by atoms with Crippen molar-refractivity contribution in [2.75, 3.05) is 33.3 Å². The van der Waals surface area contributed by atoms with Gasteiger partial charge in [-0.25, -0.2) is 4.99 Å². The number of nitrogens with zero attached hydrogens (tertiary/aromatic N) is 2. The summed E-state index contributed by atoms with van der Waals surface area (Å²) in [6.07, 6.45) is 29.8. The predicted molar refractivity (Wildman–Crippen MR) is 157 cm³/mol. The van der Waals surface area contributed by atoms with Gasteiger partial charge < -0.3 is 17.1 Å². The smallest absolute Gasteiger partial charge is 0.305 e. The van der Waals surface area contributed by atoms with Crippen LogP contribution in [-0.4, -0.2) is 49.6 Å². The minimum atomic E-state index is -0.00886. The molecular weight excluding hydrogens is 480 g/mol. The van der Waals surface area contributed by atoms with Crippen LogP contribution in [0.4, 0.5) is 0 Å². The lowest BCUT2D eigenvalue weighted by molar-refractivity contribution is -0.815. The van der Waals surface area contributed by atoms with Crippen LogP contribution < -0.4 is 12.4 Å². The fourth-order valence-corrected chi connectivity index (χ4v) is 5.43. The summed E-state index contributed by atoms with van der Waals surface area (Å²) in [5, 5.41) is 0. The Bertz CT molecular complexity index is 555. The van der Waals surface area contributed by atoms with Gasteiger partial charge in [0.15, 0.2) is 5.84 Å². The molecule has 0 bridgehead atoms. The van der Waals surface area contributed by atoms with Gasteiger partial charge in [0.25, 0.3) is 0 Å². The average molecular weight is 543 g/mol. The van der Waals surface area contributed by atoms with Crippen molar-refractivity contribution in [2.24, 2.45) is 4.99 Å². The van der Waals surface area contributed by atoms with Gasteiger partial charge in [0, 0.05) is 12.8 Å². The number of carbonyl (C=O) groups is 1. The molecule has 1 atom stereocenters. The van der Waals surface area contributed by atoms with E-state index in [4.69, 9.17) is 9.73 Å². The average Bonchev–Trinajstić information content (AvgIpc) is 3.23. The number of carbonyl (C=O) groups excluding carboxylic acids is 1. The number of quaternary nitrogens is 1. The van der Waals surface area contributed by atoms with Gasteiger partial charge >= 0.3 is 5.97 Å². The number of hydrogen-bond acceptors (Lipinski definition) is 3. The molecule has 0 aromatic carbocycles. The molecule has 0 amide bonds. The molecule has 0 saturated carbocycles. The van der Waals surface area contributed by atoms with Crippen molar-refractivity contribution in [2.45, 2.75) is 162 Å². The van der Waals surface area contributed by atoms with E-state index in [-0.39, 0.29) is 18.4 Å². The van der Waals surface area contributed by atoms with Gasteiger partial charge in [-0.2, -0.15) is 0 Å². The summed E-state index contributed by atoms with van der Waals surface area (Å²) < 4.78 is 6.48. The molecule has 5 heteroatoms. The largest absolute Gasteiger partial charge is 1.00 e. The number of aliphatic imine (C=N–C) groups is 1. The molecule has 1 unspecified atom stereocenters. The lowest BCUT2D eigenvalue weighted by Gasteiger charge is -2.30. The van der Waals surface area contributed by atoms with E-state index < -0.39 is 0 Å². The fourth-order valence-electron chi connectivity index (χ4n) is 5.43. The molecule has 0 spiro atoms. The lowest BCUT2D eigenvalue weighted by atomic mass is 10.0. The van der Waals surface area contributed by atoms with Crippen molar-refractivity contribution < 1.29 is 26.4 Å². The molecule has 4 nitrogen and oxygen atoms in total. The summed E-state index contributed by atoms with van der Waals surface area (Å²) in [7, 11) is 2.27. The Labute approximate surface area is 237 Å². The highest BCUT2D eigenvalue weighted by Gasteiger charge is 2.33. The third-order valence-electron chi connectivity index (χ3n) is 8.10. The first-order valence-electron chi connectivity index (χ1n) is 16.2. The van der Waals surface area contributed by atoms with Crippen molar-refractivity contribution in [3.8, 4) is 0 Å². The number of unbranched alkanes of at least 4 members (excludes halogenated alkanes) is 19. The molecule has 0 aromatic heterocycles. The molecular formula is C32H63ClN2O2. The second-order valence-electron chi connectivity index (χ2n) is 11.6. The van der Waals surface area contributed by atoms with E-state index in [9.17, 15) is 4.79 Å². The molecule has 1 aliphatic rings. The molecule has 0 aliphatic carbocycles. The van der Waals surface area contributed by atoms with Crippen molar-refractivity contribution in [3.05, 3.63) is 0 Å². The van der Waals surface area contributed by atoms with Gasteiger partial charge in [0.2, 0.25) is 0 Å². The lowest BCUT2D eigenvalue weighted by Crippen LogP contribution is -3.00. The van der Waals surface area contributed by atoms with Crippen LogP contribution in [0.15, 0.2) is 4.99 Å². The Kier molecular flexibility index (Phi) is 25.2. The van der Waals surface area contributed by atoms with Crippen LogP contribution in [0, 0.1) is 0 Å². The SMILES string of the molecule is CCCCCCCCCCCCCCCC(=O)OCC[N+]1(C)CCN=C1CCCCCCCCCC.[Cl-]. The van der Waals surface area contributed by atoms with Gasteiger partial charge in [-0.15, -0.1) is 0 Å². The van der Waals surface area contributed by atoms with Crippen molar-refractivity contribution >= 4 is 11.8 Å². The summed E-state index contributed by atoms with van der Waals surface area (Å²) in [6.45, 7) is 7.95. The summed E-state index contributed by atoms with van der Waals surface area (Å²) in [5.74, 6) is 1.32. The monoisotopic (exact) mass is 542 g/mol. The highest BCUT2D eigenvalue weighted by molar-refractivity contribution is 5.76. The second-order valence-corrected chi connectivity index (χ2v) is 11.6. The van der Waals surface area contributed by atoms with Gasteiger partial charge in [0.1, 0.15) is 19.7 Å². The summed E-state index contributed by atoms with van der Waals surface area (Å²) in [4.78, 5) is 17.0. The maximum atomic E-state index is 12.2. The zero-order valence-electron chi connectivity index (χ0n) is 25.2. The summed E-state index contributed by atoms with van der Waals surface area (Å²) in [5.41, 5.74) is 0. The first kappa shape index (κ1) is 36.4. The molecule has 1 aliphatic heterocycles. The third kappa shape index (κ3) is 20.0. The molecule has 1 rings (SSSR count). The number of ether oxygens (including phenoxy) is 1. The van der Waals surface area contributed by atoms with Gasteiger partial charge in [0.05, 0.1) is 13.6 Å². The predicted octanol–water partition coefficient (Wildman–Crippen LogP) is 6.40. The zero-order valence-corrected chi connectivity index (χ0v) is 25.9. The zero-order chi connectivity index (χ0) is 26.2.